The SMILES string of the molecule is O=C1C=CC(=O)N1c1ccc(-n2cnc3ccccc32)cc1. The number of amides is 2. The molecule has 0 spiro atoms. The Morgan fingerprint density at radius 2 is 1.41 bits per heavy atom. The number of anilines is 1. The maximum atomic E-state index is 11.7. The molecule has 5 heteroatoms. The van der Waals surface area contributed by atoms with Crippen LogP contribution in [-0.2, 0) is 9.59 Å². The Morgan fingerprint density at radius 3 is 2.14 bits per heavy atom. The normalized spacial score (nSPS) is 14.3. The standard InChI is InChI=1S/C17H11N3O2/c21-16-9-10-17(22)20(16)13-7-5-12(6-8-13)19-11-18-14-3-1-2-4-15(14)19/h1-11H. The van der Waals surface area contributed by atoms with Gasteiger partial charge in [-0.15, -0.1) is 0 Å². The fourth-order valence-corrected chi connectivity index (χ4v) is 2.58. The van der Waals surface area contributed by atoms with Crippen LogP contribution >= 0.6 is 0 Å². The molecule has 3 aromatic rings. The molecule has 2 heterocycles. The van der Waals surface area contributed by atoms with Crippen molar-refractivity contribution in [1.29, 1.82) is 0 Å². The number of hydrogen-bond donors (Lipinski definition) is 0. The van der Waals surface area contributed by atoms with Gasteiger partial charge in [-0.1, -0.05) is 12.1 Å². The number of imidazole rings is 1. The molecular weight excluding hydrogens is 278 g/mol. The van der Waals surface area contributed by atoms with Crippen LogP contribution in [0.2, 0.25) is 0 Å². The molecule has 106 valence electrons. The molecule has 0 unspecified atom stereocenters. The van der Waals surface area contributed by atoms with Gasteiger partial charge in [0.1, 0.15) is 6.33 Å². The van der Waals surface area contributed by atoms with E-state index in [1.165, 1.54) is 12.2 Å². The highest BCUT2D eigenvalue weighted by Gasteiger charge is 2.24. The molecule has 0 atom stereocenters. The number of nitrogens with zero attached hydrogens (tertiary/aromatic N) is 3. The van der Waals surface area contributed by atoms with Gasteiger partial charge in [0.2, 0.25) is 0 Å². The number of aromatic nitrogens is 2. The third-order valence-corrected chi connectivity index (χ3v) is 3.65. The monoisotopic (exact) mass is 289 g/mol. The van der Waals surface area contributed by atoms with E-state index in [1.54, 1.807) is 18.5 Å². The Kier molecular flexibility index (Phi) is 2.66. The largest absolute Gasteiger partial charge is 0.299 e. The van der Waals surface area contributed by atoms with E-state index in [0.717, 1.165) is 21.6 Å². The third kappa shape index (κ3) is 1.83. The van der Waals surface area contributed by atoms with Gasteiger partial charge in [-0.25, -0.2) is 9.88 Å². The maximum absolute atomic E-state index is 11.7. The Bertz CT molecular complexity index is 904. The van der Waals surface area contributed by atoms with Crippen molar-refractivity contribution in [3.63, 3.8) is 0 Å². The van der Waals surface area contributed by atoms with Crippen LogP contribution in [0.25, 0.3) is 16.7 Å². The summed E-state index contributed by atoms with van der Waals surface area (Å²) in [6, 6.07) is 15.1. The maximum Gasteiger partial charge on any atom is 0.258 e. The highest BCUT2D eigenvalue weighted by Crippen LogP contribution is 2.23. The molecule has 0 fully saturated rings. The van der Waals surface area contributed by atoms with E-state index in [2.05, 4.69) is 4.98 Å². The summed E-state index contributed by atoms with van der Waals surface area (Å²) in [7, 11) is 0. The van der Waals surface area contributed by atoms with Crippen LogP contribution in [0.5, 0.6) is 0 Å². The molecule has 1 aliphatic heterocycles. The number of fused-ring (bicyclic) bond motifs is 1. The predicted molar refractivity (Wildman–Crippen MR) is 82.7 cm³/mol. The van der Waals surface area contributed by atoms with E-state index < -0.39 is 0 Å². The smallest absolute Gasteiger partial charge is 0.258 e. The summed E-state index contributed by atoms with van der Waals surface area (Å²) in [5.74, 6) is -0.628. The summed E-state index contributed by atoms with van der Waals surface area (Å²) >= 11 is 0. The summed E-state index contributed by atoms with van der Waals surface area (Å²) < 4.78 is 1.96. The fraction of sp³-hybridized carbons (Fsp3) is 0. The second-order valence-corrected chi connectivity index (χ2v) is 4.96. The van der Waals surface area contributed by atoms with Gasteiger partial charge in [0, 0.05) is 17.8 Å². The van der Waals surface area contributed by atoms with Crippen LogP contribution in [0.15, 0.2) is 67.0 Å². The first-order valence-electron chi connectivity index (χ1n) is 6.83. The number of imide groups is 1. The topological polar surface area (TPSA) is 55.2 Å². The van der Waals surface area contributed by atoms with Crippen molar-refractivity contribution in [2.45, 2.75) is 0 Å². The molecule has 2 aromatic carbocycles. The molecule has 1 aromatic heterocycles. The quantitative estimate of drug-likeness (QED) is 0.681. The minimum atomic E-state index is -0.314. The molecule has 0 N–H and O–H groups in total. The van der Waals surface area contributed by atoms with Crippen LogP contribution in [0, 0.1) is 0 Å². The van der Waals surface area contributed by atoms with Gasteiger partial charge in [0.05, 0.1) is 16.7 Å². The molecule has 0 saturated carbocycles. The van der Waals surface area contributed by atoms with Crippen LogP contribution in [0.3, 0.4) is 0 Å². The van der Waals surface area contributed by atoms with Crippen LogP contribution in [0.1, 0.15) is 0 Å². The highest BCUT2D eigenvalue weighted by molar-refractivity contribution is 6.28. The van der Waals surface area contributed by atoms with Crippen LogP contribution < -0.4 is 4.90 Å². The minimum Gasteiger partial charge on any atom is -0.299 e. The fourth-order valence-electron chi connectivity index (χ4n) is 2.58. The van der Waals surface area contributed by atoms with Gasteiger partial charge in [0.25, 0.3) is 11.8 Å². The molecule has 2 amide bonds. The summed E-state index contributed by atoms with van der Waals surface area (Å²) in [5, 5.41) is 0. The van der Waals surface area contributed by atoms with Crippen molar-refractivity contribution in [2.75, 3.05) is 4.90 Å². The average Bonchev–Trinajstić information content (AvgIpc) is 3.11. The number of para-hydroxylation sites is 2. The Hall–Kier alpha value is -3.21. The first-order valence-corrected chi connectivity index (χ1v) is 6.83. The van der Waals surface area contributed by atoms with Crippen molar-refractivity contribution >= 4 is 28.5 Å². The first kappa shape index (κ1) is 12.5. The lowest BCUT2D eigenvalue weighted by Crippen LogP contribution is -2.29. The Labute approximate surface area is 126 Å². The second kappa shape index (κ2) is 4.66. The third-order valence-electron chi connectivity index (χ3n) is 3.65. The molecule has 0 radical (unpaired) electrons. The van der Waals surface area contributed by atoms with Crippen molar-refractivity contribution in [1.82, 2.24) is 9.55 Å². The van der Waals surface area contributed by atoms with E-state index >= 15 is 0 Å². The minimum absolute atomic E-state index is 0.314. The zero-order chi connectivity index (χ0) is 15.1. The van der Waals surface area contributed by atoms with Gasteiger partial charge >= 0.3 is 0 Å². The molecule has 4 rings (SSSR count). The Morgan fingerprint density at radius 1 is 0.773 bits per heavy atom. The molecule has 22 heavy (non-hydrogen) atoms. The summed E-state index contributed by atoms with van der Waals surface area (Å²) in [5.41, 5.74) is 3.41. The van der Waals surface area contributed by atoms with Crippen molar-refractivity contribution in [3.05, 3.63) is 67.0 Å². The van der Waals surface area contributed by atoms with Gasteiger partial charge in [-0.05, 0) is 36.4 Å². The molecule has 0 bridgehead atoms. The number of benzene rings is 2. The number of hydrogen-bond acceptors (Lipinski definition) is 3. The van der Waals surface area contributed by atoms with Crippen molar-refractivity contribution in [2.24, 2.45) is 0 Å². The van der Waals surface area contributed by atoms with Gasteiger partial charge in [-0.2, -0.15) is 0 Å². The average molecular weight is 289 g/mol. The van der Waals surface area contributed by atoms with Crippen molar-refractivity contribution < 1.29 is 9.59 Å². The molecule has 0 aliphatic carbocycles. The van der Waals surface area contributed by atoms with E-state index in [0.29, 0.717) is 5.69 Å². The predicted octanol–water partition coefficient (Wildman–Crippen LogP) is 2.45. The van der Waals surface area contributed by atoms with E-state index in [4.69, 9.17) is 0 Å². The van der Waals surface area contributed by atoms with E-state index in [1.807, 2.05) is 41.0 Å². The molecule has 0 saturated heterocycles. The lowest BCUT2D eigenvalue weighted by atomic mass is 10.2. The molecular formula is C17H11N3O2. The van der Waals surface area contributed by atoms with E-state index in [9.17, 15) is 9.59 Å². The number of rotatable bonds is 2. The summed E-state index contributed by atoms with van der Waals surface area (Å²) in [4.78, 5) is 28.9. The van der Waals surface area contributed by atoms with Gasteiger partial charge in [0.15, 0.2) is 0 Å². The zero-order valence-electron chi connectivity index (χ0n) is 11.5. The van der Waals surface area contributed by atoms with Gasteiger partial charge < -0.3 is 0 Å². The highest BCUT2D eigenvalue weighted by atomic mass is 16.2. The number of carbonyl (C=O) groups excluding carboxylic acids is 2. The lowest BCUT2D eigenvalue weighted by molar-refractivity contribution is -0.119. The zero-order valence-corrected chi connectivity index (χ0v) is 11.5. The van der Waals surface area contributed by atoms with Crippen molar-refractivity contribution in [3.8, 4) is 5.69 Å². The summed E-state index contributed by atoms with van der Waals surface area (Å²) in [6.45, 7) is 0. The Balaban J connectivity index is 1.73. The van der Waals surface area contributed by atoms with Crippen LogP contribution in [0.4, 0.5) is 5.69 Å². The molecule has 1 aliphatic rings. The summed E-state index contributed by atoms with van der Waals surface area (Å²) in [6.07, 6.45) is 4.31. The van der Waals surface area contributed by atoms with Gasteiger partial charge in [-0.3, -0.25) is 14.2 Å². The second-order valence-electron chi connectivity index (χ2n) is 4.96. The lowest BCUT2D eigenvalue weighted by Gasteiger charge is -2.14. The first-order chi connectivity index (χ1) is 10.7. The van der Waals surface area contributed by atoms with E-state index in [-0.39, 0.29) is 11.8 Å². The van der Waals surface area contributed by atoms with Crippen LogP contribution in [-0.4, -0.2) is 21.4 Å². The number of carbonyl (C=O) groups is 2. The molecule has 5 nitrogen and oxygen atoms in total.